The number of aromatic carboxylic acids is 1. The normalized spacial score (nSPS) is 18.3. The van der Waals surface area contributed by atoms with Crippen molar-refractivity contribution in [2.45, 2.75) is 50.7 Å². The number of amides is 1. The molecule has 2 aromatic rings. The van der Waals surface area contributed by atoms with E-state index in [0.29, 0.717) is 25.8 Å². The molecule has 0 unspecified atom stereocenters. The molecule has 0 spiro atoms. The van der Waals surface area contributed by atoms with Crippen LogP contribution in [0, 0.1) is 0 Å². The van der Waals surface area contributed by atoms with Crippen molar-refractivity contribution in [1.29, 1.82) is 0 Å². The summed E-state index contributed by atoms with van der Waals surface area (Å²) in [6, 6.07) is 9.83. The average Bonchev–Trinajstić information content (AvgIpc) is 3.18. The molecule has 1 fully saturated rings. The van der Waals surface area contributed by atoms with Gasteiger partial charge in [-0.05, 0) is 31.2 Å². The maximum atomic E-state index is 12.4. The molecule has 3 rings (SSSR count). The number of carbonyl (C=O) groups excluding carboxylic acids is 1. The van der Waals surface area contributed by atoms with Gasteiger partial charge in [0.15, 0.2) is 0 Å². The Labute approximate surface area is 174 Å². The molecule has 0 aliphatic carbocycles. The maximum Gasteiger partial charge on any atom is 0.365 e. The second-order valence-corrected chi connectivity index (χ2v) is 8.34. The molecule has 1 aliphatic rings. The van der Waals surface area contributed by atoms with Gasteiger partial charge in [-0.3, -0.25) is 4.79 Å². The van der Waals surface area contributed by atoms with E-state index in [-0.39, 0.29) is 17.0 Å². The first-order valence-corrected chi connectivity index (χ1v) is 10.7. The van der Waals surface area contributed by atoms with Crippen LogP contribution in [0.5, 0.6) is 0 Å². The molecule has 1 saturated heterocycles. The van der Waals surface area contributed by atoms with Gasteiger partial charge in [-0.2, -0.15) is 0 Å². The fourth-order valence-electron chi connectivity index (χ4n) is 3.56. The SMILES string of the molecule is O=C(O)c1ncc(CCCN2C(=O)CCC[C@@H]2/C=C/[C@@H](O)Cc2ccccc2)s1. The highest BCUT2D eigenvalue weighted by Crippen LogP contribution is 2.21. The smallest absolute Gasteiger partial charge is 0.365 e. The Bertz CT molecular complexity index is 850. The van der Waals surface area contributed by atoms with E-state index >= 15 is 0 Å². The number of aliphatic hydroxyl groups excluding tert-OH is 1. The van der Waals surface area contributed by atoms with Crippen molar-refractivity contribution >= 4 is 23.2 Å². The maximum absolute atomic E-state index is 12.4. The Morgan fingerprint density at radius 2 is 2.14 bits per heavy atom. The summed E-state index contributed by atoms with van der Waals surface area (Å²) in [5, 5.41) is 19.4. The molecule has 0 radical (unpaired) electrons. The zero-order chi connectivity index (χ0) is 20.6. The molecular formula is C22H26N2O4S. The summed E-state index contributed by atoms with van der Waals surface area (Å²) in [5.74, 6) is -0.870. The zero-order valence-electron chi connectivity index (χ0n) is 16.2. The molecular weight excluding hydrogens is 388 g/mol. The quantitative estimate of drug-likeness (QED) is 0.615. The average molecular weight is 415 g/mol. The minimum Gasteiger partial charge on any atom is -0.476 e. The molecule has 0 bridgehead atoms. The number of hydrogen-bond acceptors (Lipinski definition) is 5. The van der Waals surface area contributed by atoms with Gasteiger partial charge in [0.25, 0.3) is 0 Å². The summed E-state index contributed by atoms with van der Waals surface area (Å²) in [4.78, 5) is 30.0. The van der Waals surface area contributed by atoms with E-state index in [2.05, 4.69) is 4.98 Å². The number of thiazole rings is 1. The largest absolute Gasteiger partial charge is 0.476 e. The first-order chi connectivity index (χ1) is 14.0. The summed E-state index contributed by atoms with van der Waals surface area (Å²) in [6.45, 7) is 0.614. The Morgan fingerprint density at radius 1 is 1.34 bits per heavy atom. The number of carbonyl (C=O) groups is 2. The monoisotopic (exact) mass is 414 g/mol. The molecule has 1 aliphatic heterocycles. The van der Waals surface area contributed by atoms with E-state index < -0.39 is 12.1 Å². The van der Waals surface area contributed by atoms with Gasteiger partial charge in [-0.15, -0.1) is 11.3 Å². The van der Waals surface area contributed by atoms with Crippen molar-refractivity contribution in [3.05, 3.63) is 64.1 Å². The highest BCUT2D eigenvalue weighted by molar-refractivity contribution is 7.13. The van der Waals surface area contributed by atoms with Gasteiger partial charge in [0.1, 0.15) is 0 Å². The van der Waals surface area contributed by atoms with Crippen LogP contribution in [0.4, 0.5) is 0 Å². The third-order valence-electron chi connectivity index (χ3n) is 5.01. The predicted molar refractivity (Wildman–Crippen MR) is 112 cm³/mol. The minimum absolute atomic E-state index is 0.00212. The van der Waals surface area contributed by atoms with Crippen LogP contribution in [0.1, 0.15) is 45.9 Å². The Kier molecular flexibility index (Phi) is 7.55. The van der Waals surface area contributed by atoms with Gasteiger partial charge in [0.2, 0.25) is 10.9 Å². The number of nitrogens with zero attached hydrogens (tertiary/aromatic N) is 2. The summed E-state index contributed by atoms with van der Waals surface area (Å²) >= 11 is 1.18. The van der Waals surface area contributed by atoms with Crippen molar-refractivity contribution in [2.24, 2.45) is 0 Å². The number of carboxylic acids is 1. The molecule has 1 aromatic carbocycles. The third kappa shape index (κ3) is 6.24. The number of aryl methyl sites for hydroxylation is 1. The summed E-state index contributed by atoms with van der Waals surface area (Å²) in [7, 11) is 0. The van der Waals surface area contributed by atoms with Gasteiger partial charge >= 0.3 is 5.97 Å². The van der Waals surface area contributed by atoms with Crippen LogP contribution >= 0.6 is 11.3 Å². The Morgan fingerprint density at radius 3 is 2.86 bits per heavy atom. The van der Waals surface area contributed by atoms with Crippen molar-refractivity contribution < 1.29 is 19.8 Å². The number of likely N-dealkylation sites (tertiary alicyclic amines) is 1. The highest BCUT2D eigenvalue weighted by atomic mass is 32.1. The van der Waals surface area contributed by atoms with Crippen molar-refractivity contribution in [1.82, 2.24) is 9.88 Å². The van der Waals surface area contributed by atoms with Gasteiger partial charge < -0.3 is 15.1 Å². The fraction of sp³-hybridized carbons (Fsp3) is 0.409. The zero-order valence-corrected chi connectivity index (χ0v) is 17.1. The minimum atomic E-state index is -1.01. The number of rotatable bonds is 9. The van der Waals surface area contributed by atoms with Gasteiger partial charge in [-0.25, -0.2) is 9.78 Å². The van der Waals surface area contributed by atoms with Gasteiger partial charge in [0.05, 0.1) is 12.1 Å². The topological polar surface area (TPSA) is 90.7 Å². The fourth-order valence-corrected chi connectivity index (χ4v) is 4.36. The lowest BCUT2D eigenvalue weighted by atomic mass is 9.99. The number of benzene rings is 1. The lowest BCUT2D eigenvalue weighted by Gasteiger charge is -2.34. The van der Waals surface area contributed by atoms with E-state index in [9.17, 15) is 14.7 Å². The van der Waals surface area contributed by atoms with E-state index in [1.54, 1.807) is 12.3 Å². The molecule has 154 valence electrons. The summed E-state index contributed by atoms with van der Waals surface area (Å²) < 4.78 is 0. The van der Waals surface area contributed by atoms with Gasteiger partial charge in [-0.1, -0.05) is 42.5 Å². The summed E-state index contributed by atoms with van der Waals surface area (Å²) in [5.41, 5.74) is 1.08. The van der Waals surface area contributed by atoms with E-state index in [4.69, 9.17) is 5.11 Å². The van der Waals surface area contributed by atoms with Crippen LogP contribution in [0.3, 0.4) is 0 Å². The lowest BCUT2D eigenvalue weighted by Crippen LogP contribution is -2.43. The Balaban J connectivity index is 1.53. The van der Waals surface area contributed by atoms with E-state index in [0.717, 1.165) is 29.7 Å². The Hall–Kier alpha value is -2.51. The lowest BCUT2D eigenvalue weighted by molar-refractivity contribution is -0.135. The number of piperidine rings is 1. The predicted octanol–water partition coefficient (Wildman–Crippen LogP) is 3.31. The van der Waals surface area contributed by atoms with Crippen LogP contribution < -0.4 is 0 Å². The second kappa shape index (κ2) is 10.3. The van der Waals surface area contributed by atoms with Crippen LogP contribution in [-0.2, 0) is 17.6 Å². The molecule has 2 heterocycles. The van der Waals surface area contributed by atoms with E-state index in [1.807, 2.05) is 41.3 Å². The molecule has 0 saturated carbocycles. The number of carboxylic acid groups (broad SMARTS) is 1. The summed E-state index contributed by atoms with van der Waals surface area (Å²) in [6.07, 6.45) is 9.08. The van der Waals surface area contributed by atoms with Crippen LogP contribution in [0.2, 0.25) is 0 Å². The first-order valence-electron chi connectivity index (χ1n) is 9.90. The van der Waals surface area contributed by atoms with Crippen LogP contribution in [-0.4, -0.2) is 50.7 Å². The molecule has 2 N–H and O–H groups in total. The van der Waals surface area contributed by atoms with Crippen molar-refractivity contribution in [3.8, 4) is 0 Å². The van der Waals surface area contributed by atoms with Crippen LogP contribution in [0.25, 0.3) is 0 Å². The number of aromatic nitrogens is 1. The molecule has 1 amide bonds. The number of hydrogen-bond donors (Lipinski definition) is 2. The molecule has 2 atom stereocenters. The van der Waals surface area contributed by atoms with Crippen molar-refractivity contribution in [2.75, 3.05) is 6.54 Å². The second-order valence-electron chi connectivity index (χ2n) is 7.23. The standard InChI is InChI=1S/C22H26N2O4S/c25-18(14-16-6-2-1-3-7-16)12-11-17-8-4-10-20(26)24(17)13-5-9-19-15-23-21(29-19)22(27)28/h1-3,6-7,11-12,15,17-18,25H,4-5,8-10,13-14H2,(H,27,28)/b12-11+/t17-,18-/m1/s1. The molecule has 29 heavy (non-hydrogen) atoms. The van der Waals surface area contributed by atoms with E-state index in [1.165, 1.54) is 11.3 Å². The molecule has 1 aromatic heterocycles. The molecule has 7 heteroatoms. The number of aliphatic hydroxyl groups is 1. The van der Waals surface area contributed by atoms with Crippen LogP contribution in [0.15, 0.2) is 48.7 Å². The van der Waals surface area contributed by atoms with Crippen molar-refractivity contribution in [3.63, 3.8) is 0 Å². The first kappa shape index (κ1) is 21.2. The van der Waals surface area contributed by atoms with Gasteiger partial charge in [0, 0.05) is 30.5 Å². The highest BCUT2D eigenvalue weighted by Gasteiger charge is 2.26. The third-order valence-corrected chi connectivity index (χ3v) is 6.06. The molecule has 6 nitrogen and oxygen atoms in total.